The molecule has 0 atom stereocenters. The fraction of sp³-hybridized carbons (Fsp3) is 0.250. The first kappa shape index (κ1) is 13.8. The Balaban J connectivity index is 1.67. The van der Waals surface area contributed by atoms with Gasteiger partial charge in [-0.05, 0) is 55.2 Å². The van der Waals surface area contributed by atoms with Gasteiger partial charge in [0, 0.05) is 23.2 Å². The number of thiophene rings is 1. The van der Waals surface area contributed by atoms with E-state index in [4.69, 9.17) is 0 Å². The molecular formula is C16H16N2O2S. The minimum Gasteiger partial charge on any atom is -0.326 e. The molecule has 2 N–H and O–H groups in total. The predicted molar refractivity (Wildman–Crippen MR) is 85.0 cm³/mol. The molecular weight excluding hydrogens is 284 g/mol. The van der Waals surface area contributed by atoms with Crippen LogP contribution in [-0.2, 0) is 17.6 Å². The molecule has 108 valence electrons. The van der Waals surface area contributed by atoms with E-state index in [0.29, 0.717) is 0 Å². The number of hydrogen-bond donors (Lipinski definition) is 2. The monoisotopic (exact) mass is 300 g/mol. The van der Waals surface area contributed by atoms with Crippen LogP contribution in [0.5, 0.6) is 0 Å². The van der Waals surface area contributed by atoms with Crippen molar-refractivity contribution in [1.82, 2.24) is 0 Å². The van der Waals surface area contributed by atoms with Crippen molar-refractivity contribution in [3.63, 3.8) is 0 Å². The van der Waals surface area contributed by atoms with Gasteiger partial charge in [-0.3, -0.25) is 9.59 Å². The number of anilines is 2. The lowest BCUT2D eigenvalue weighted by atomic mass is 10.2. The standard InChI is InChI=1S/C16H16N2O2S/c1-10(19)17-12-5-7-13(8-6-12)18-16(20)15-9-11-3-2-4-14(11)21-15/h5-9H,2-4H2,1H3,(H,17,19)(H,18,20). The largest absolute Gasteiger partial charge is 0.326 e. The van der Waals surface area contributed by atoms with Gasteiger partial charge in [-0.2, -0.15) is 0 Å². The fourth-order valence-corrected chi connectivity index (χ4v) is 3.62. The average molecular weight is 300 g/mol. The number of benzene rings is 1. The average Bonchev–Trinajstić information content (AvgIpc) is 3.01. The highest BCUT2D eigenvalue weighted by atomic mass is 32.1. The molecule has 2 amide bonds. The van der Waals surface area contributed by atoms with E-state index in [0.717, 1.165) is 29.1 Å². The van der Waals surface area contributed by atoms with Crippen LogP contribution in [0.15, 0.2) is 30.3 Å². The van der Waals surface area contributed by atoms with Crippen LogP contribution < -0.4 is 10.6 Å². The molecule has 1 heterocycles. The summed E-state index contributed by atoms with van der Waals surface area (Å²) in [6.45, 7) is 1.46. The smallest absolute Gasteiger partial charge is 0.265 e. The van der Waals surface area contributed by atoms with E-state index in [1.807, 2.05) is 6.07 Å². The van der Waals surface area contributed by atoms with Gasteiger partial charge in [-0.1, -0.05) is 0 Å². The van der Waals surface area contributed by atoms with Crippen molar-refractivity contribution in [2.75, 3.05) is 10.6 Å². The van der Waals surface area contributed by atoms with Crippen LogP contribution in [0.2, 0.25) is 0 Å². The Bertz CT molecular complexity index is 667. The molecule has 1 aromatic heterocycles. The molecule has 4 nitrogen and oxygen atoms in total. The molecule has 3 rings (SSSR count). The number of hydrogen-bond acceptors (Lipinski definition) is 3. The Labute approximate surface area is 127 Å². The van der Waals surface area contributed by atoms with Crippen LogP contribution in [0.1, 0.15) is 33.5 Å². The highest BCUT2D eigenvalue weighted by Crippen LogP contribution is 2.31. The summed E-state index contributed by atoms with van der Waals surface area (Å²) in [5, 5.41) is 5.58. The van der Waals surface area contributed by atoms with E-state index in [1.54, 1.807) is 35.6 Å². The number of carbonyl (C=O) groups is 2. The van der Waals surface area contributed by atoms with Gasteiger partial charge in [-0.25, -0.2) is 0 Å². The molecule has 0 fully saturated rings. The highest BCUT2D eigenvalue weighted by Gasteiger charge is 2.18. The third-order valence-electron chi connectivity index (χ3n) is 3.43. The normalized spacial score (nSPS) is 12.8. The molecule has 5 heteroatoms. The summed E-state index contributed by atoms with van der Waals surface area (Å²) in [6.07, 6.45) is 3.39. The summed E-state index contributed by atoms with van der Waals surface area (Å²) < 4.78 is 0. The third kappa shape index (κ3) is 3.13. The molecule has 1 aromatic carbocycles. The van der Waals surface area contributed by atoms with Crippen LogP contribution in [-0.4, -0.2) is 11.8 Å². The maximum Gasteiger partial charge on any atom is 0.265 e. The van der Waals surface area contributed by atoms with Crippen LogP contribution >= 0.6 is 11.3 Å². The zero-order valence-electron chi connectivity index (χ0n) is 11.7. The van der Waals surface area contributed by atoms with Crippen molar-refractivity contribution in [3.8, 4) is 0 Å². The van der Waals surface area contributed by atoms with Crippen LogP contribution in [0, 0.1) is 0 Å². The van der Waals surface area contributed by atoms with E-state index in [-0.39, 0.29) is 11.8 Å². The fourth-order valence-electron chi connectivity index (χ4n) is 2.47. The second-order valence-electron chi connectivity index (χ2n) is 5.13. The summed E-state index contributed by atoms with van der Waals surface area (Å²) in [5.41, 5.74) is 2.77. The molecule has 1 aliphatic carbocycles. The lowest BCUT2D eigenvalue weighted by molar-refractivity contribution is -0.114. The van der Waals surface area contributed by atoms with Crippen LogP contribution in [0.25, 0.3) is 0 Å². The second-order valence-corrected chi connectivity index (χ2v) is 6.26. The summed E-state index contributed by atoms with van der Waals surface area (Å²) >= 11 is 1.59. The van der Waals surface area contributed by atoms with Crippen molar-refractivity contribution < 1.29 is 9.59 Å². The van der Waals surface area contributed by atoms with E-state index >= 15 is 0 Å². The molecule has 0 radical (unpaired) electrons. The van der Waals surface area contributed by atoms with Crippen molar-refractivity contribution in [2.24, 2.45) is 0 Å². The Hall–Kier alpha value is -2.14. The van der Waals surface area contributed by atoms with Gasteiger partial charge in [-0.15, -0.1) is 11.3 Å². The van der Waals surface area contributed by atoms with Gasteiger partial charge in [0.15, 0.2) is 0 Å². The number of nitrogens with one attached hydrogen (secondary N) is 2. The van der Waals surface area contributed by atoms with Gasteiger partial charge in [0.25, 0.3) is 5.91 Å². The van der Waals surface area contributed by atoms with Crippen molar-refractivity contribution >= 4 is 34.5 Å². The highest BCUT2D eigenvalue weighted by molar-refractivity contribution is 7.14. The molecule has 0 saturated carbocycles. The molecule has 0 unspecified atom stereocenters. The maximum absolute atomic E-state index is 12.2. The first-order valence-corrected chi connectivity index (χ1v) is 7.74. The zero-order valence-corrected chi connectivity index (χ0v) is 12.5. The molecule has 2 aromatic rings. The lowest BCUT2D eigenvalue weighted by Gasteiger charge is -2.06. The molecule has 0 aliphatic heterocycles. The zero-order chi connectivity index (χ0) is 14.8. The molecule has 21 heavy (non-hydrogen) atoms. The number of fused-ring (bicyclic) bond motifs is 1. The summed E-state index contributed by atoms with van der Waals surface area (Å²) in [6, 6.07) is 9.11. The van der Waals surface area contributed by atoms with Gasteiger partial charge in [0.05, 0.1) is 4.88 Å². The molecule has 0 saturated heterocycles. The Morgan fingerprint density at radius 1 is 1.05 bits per heavy atom. The topological polar surface area (TPSA) is 58.2 Å². The number of amides is 2. The molecule has 1 aliphatic rings. The van der Waals surface area contributed by atoms with Crippen molar-refractivity contribution in [1.29, 1.82) is 0 Å². The minimum atomic E-state index is -0.111. The number of carbonyl (C=O) groups excluding carboxylic acids is 2. The van der Waals surface area contributed by atoms with Crippen LogP contribution in [0.3, 0.4) is 0 Å². The van der Waals surface area contributed by atoms with Crippen LogP contribution in [0.4, 0.5) is 11.4 Å². The van der Waals surface area contributed by atoms with Crippen molar-refractivity contribution in [3.05, 3.63) is 45.6 Å². The van der Waals surface area contributed by atoms with Gasteiger partial charge in [0.1, 0.15) is 0 Å². The SMILES string of the molecule is CC(=O)Nc1ccc(NC(=O)c2cc3c(s2)CCC3)cc1. The Morgan fingerprint density at radius 2 is 1.71 bits per heavy atom. The molecule has 0 bridgehead atoms. The lowest BCUT2D eigenvalue weighted by Crippen LogP contribution is -2.10. The Kier molecular flexibility index (Phi) is 3.75. The van der Waals surface area contributed by atoms with Gasteiger partial charge >= 0.3 is 0 Å². The van der Waals surface area contributed by atoms with Crippen molar-refractivity contribution in [2.45, 2.75) is 26.2 Å². The minimum absolute atomic E-state index is 0.0679. The first-order valence-electron chi connectivity index (χ1n) is 6.92. The number of aryl methyl sites for hydroxylation is 2. The van der Waals surface area contributed by atoms with E-state index < -0.39 is 0 Å². The first-order chi connectivity index (χ1) is 10.1. The van der Waals surface area contributed by atoms with E-state index in [9.17, 15) is 9.59 Å². The van der Waals surface area contributed by atoms with Gasteiger partial charge < -0.3 is 10.6 Å². The van der Waals surface area contributed by atoms with E-state index in [2.05, 4.69) is 10.6 Å². The molecule has 0 spiro atoms. The second kappa shape index (κ2) is 5.69. The summed E-state index contributed by atoms with van der Waals surface area (Å²) in [4.78, 5) is 25.3. The number of rotatable bonds is 3. The van der Waals surface area contributed by atoms with Gasteiger partial charge in [0.2, 0.25) is 5.91 Å². The maximum atomic E-state index is 12.2. The summed E-state index contributed by atoms with van der Waals surface area (Å²) in [7, 11) is 0. The summed E-state index contributed by atoms with van der Waals surface area (Å²) in [5.74, 6) is -0.179. The third-order valence-corrected chi connectivity index (χ3v) is 4.67. The quantitative estimate of drug-likeness (QED) is 0.912. The predicted octanol–water partition coefficient (Wildman–Crippen LogP) is 3.45. The van der Waals surface area contributed by atoms with E-state index in [1.165, 1.54) is 23.8 Å². The Morgan fingerprint density at radius 3 is 2.33 bits per heavy atom.